The third-order valence-corrected chi connectivity index (χ3v) is 3.38. The van der Waals surface area contributed by atoms with E-state index >= 15 is 0 Å². The second kappa shape index (κ2) is 4.84. The summed E-state index contributed by atoms with van der Waals surface area (Å²) in [6.45, 7) is 0. The molecule has 5 heteroatoms. The summed E-state index contributed by atoms with van der Waals surface area (Å²) in [5.41, 5.74) is 5.82. The van der Waals surface area contributed by atoms with Crippen molar-refractivity contribution in [1.82, 2.24) is 0 Å². The van der Waals surface area contributed by atoms with Crippen molar-refractivity contribution in [2.75, 3.05) is 5.32 Å². The lowest BCUT2D eigenvalue weighted by molar-refractivity contribution is 0.0998. The van der Waals surface area contributed by atoms with Gasteiger partial charge in [-0.05, 0) is 18.9 Å². The van der Waals surface area contributed by atoms with Crippen molar-refractivity contribution in [3.05, 3.63) is 22.7 Å². The van der Waals surface area contributed by atoms with Crippen LogP contribution in [0.15, 0.2) is 12.1 Å². The summed E-state index contributed by atoms with van der Waals surface area (Å²) in [4.78, 5) is 11.0. The van der Waals surface area contributed by atoms with Crippen molar-refractivity contribution in [2.24, 2.45) is 5.73 Å². The van der Waals surface area contributed by atoms with Gasteiger partial charge in [0.2, 0.25) is 0 Å². The number of halogens is 1. The highest BCUT2D eigenvalue weighted by molar-refractivity contribution is 6.33. The van der Waals surface area contributed by atoms with Crippen LogP contribution in [0.4, 0.5) is 5.69 Å². The van der Waals surface area contributed by atoms with Gasteiger partial charge >= 0.3 is 0 Å². The van der Waals surface area contributed by atoms with Crippen LogP contribution in [0.2, 0.25) is 5.02 Å². The normalized spacial score (nSPS) is 16.1. The van der Waals surface area contributed by atoms with Crippen LogP contribution in [0.5, 0.6) is 5.75 Å². The van der Waals surface area contributed by atoms with E-state index in [0.717, 1.165) is 12.8 Å². The van der Waals surface area contributed by atoms with E-state index in [-0.39, 0.29) is 11.3 Å². The fourth-order valence-electron chi connectivity index (χ4n) is 2.16. The molecule has 0 atom stereocenters. The van der Waals surface area contributed by atoms with Gasteiger partial charge in [-0.25, -0.2) is 0 Å². The average molecular weight is 255 g/mol. The average Bonchev–Trinajstić information content (AvgIpc) is 2.75. The number of rotatable bonds is 3. The maximum atomic E-state index is 11.0. The SMILES string of the molecule is NC(=O)c1cc(Cl)c(NC2CCCC2)cc1O. The topological polar surface area (TPSA) is 75.4 Å². The van der Waals surface area contributed by atoms with Crippen molar-refractivity contribution in [3.63, 3.8) is 0 Å². The van der Waals surface area contributed by atoms with Crippen LogP contribution in [0.1, 0.15) is 36.0 Å². The summed E-state index contributed by atoms with van der Waals surface area (Å²) >= 11 is 6.04. The van der Waals surface area contributed by atoms with Crippen LogP contribution in [0.25, 0.3) is 0 Å². The van der Waals surface area contributed by atoms with Crippen LogP contribution in [-0.2, 0) is 0 Å². The Balaban J connectivity index is 2.23. The van der Waals surface area contributed by atoms with E-state index in [1.54, 1.807) is 0 Å². The first-order chi connectivity index (χ1) is 8.08. The zero-order chi connectivity index (χ0) is 12.4. The first-order valence-corrected chi connectivity index (χ1v) is 6.04. The van der Waals surface area contributed by atoms with Gasteiger partial charge in [-0.3, -0.25) is 4.79 Å². The number of hydrogen-bond donors (Lipinski definition) is 3. The quantitative estimate of drug-likeness (QED) is 0.776. The summed E-state index contributed by atoms with van der Waals surface area (Å²) < 4.78 is 0. The van der Waals surface area contributed by atoms with Gasteiger partial charge < -0.3 is 16.2 Å². The molecule has 1 fully saturated rings. The second-order valence-corrected chi connectivity index (χ2v) is 4.75. The molecule has 0 saturated heterocycles. The van der Waals surface area contributed by atoms with Crippen LogP contribution in [0, 0.1) is 0 Å². The highest BCUT2D eigenvalue weighted by Crippen LogP contribution is 2.32. The third kappa shape index (κ3) is 2.64. The Morgan fingerprint density at radius 2 is 2.06 bits per heavy atom. The highest BCUT2D eigenvalue weighted by Gasteiger charge is 2.17. The van der Waals surface area contributed by atoms with E-state index in [9.17, 15) is 9.90 Å². The summed E-state index contributed by atoms with van der Waals surface area (Å²) in [6, 6.07) is 3.25. The molecule has 0 aromatic heterocycles. The first kappa shape index (κ1) is 12.0. The van der Waals surface area contributed by atoms with Gasteiger partial charge in [0.05, 0.1) is 16.3 Å². The molecule has 1 saturated carbocycles. The number of anilines is 1. The number of nitrogens with one attached hydrogen (secondary N) is 1. The van der Waals surface area contributed by atoms with Gasteiger partial charge in [0.15, 0.2) is 0 Å². The minimum Gasteiger partial charge on any atom is -0.507 e. The minimum absolute atomic E-state index is 0.0481. The fourth-order valence-corrected chi connectivity index (χ4v) is 2.38. The Labute approximate surface area is 105 Å². The van der Waals surface area contributed by atoms with Crippen molar-refractivity contribution in [3.8, 4) is 5.75 Å². The maximum absolute atomic E-state index is 11.0. The molecular weight excluding hydrogens is 240 g/mol. The number of carbonyl (C=O) groups is 1. The van der Waals surface area contributed by atoms with Crippen LogP contribution >= 0.6 is 11.6 Å². The summed E-state index contributed by atoms with van der Waals surface area (Å²) in [6.07, 6.45) is 4.63. The van der Waals surface area contributed by atoms with E-state index in [1.807, 2.05) is 0 Å². The number of carbonyl (C=O) groups excluding carboxylic acids is 1. The summed E-state index contributed by atoms with van der Waals surface area (Å²) in [5.74, 6) is -0.820. The van der Waals surface area contributed by atoms with Gasteiger partial charge in [-0.2, -0.15) is 0 Å². The van der Waals surface area contributed by atoms with E-state index in [2.05, 4.69) is 5.32 Å². The van der Waals surface area contributed by atoms with Gasteiger partial charge in [-0.1, -0.05) is 24.4 Å². The molecule has 92 valence electrons. The largest absolute Gasteiger partial charge is 0.507 e. The molecule has 4 nitrogen and oxygen atoms in total. The Morgan fingerprint density at radius 1 is 1.41 bits per heavy atom. The number of nitrogens with two attached hydrogens (primary N) is 1. The zero-order valence-corrected chi connectivity index (χ0v) is 10.1. The lowest BCUT2D eigenvalue weighted by Gasteiger charge is -2.15. The standard InChI is InChI=1S/C12H15ClN2O2/c13-9-5-8(12(14)17)11(16)6-10(9)15-7-3-1-2-4-7/h5-7,15-16H,1-4H2,(H2,14,17). The third-order valence-electron chi connectivity index (χ3n) is 3.07. The Hall–Kier alpha value is -1.42. The monoisotopic (exact) mass is 254 g/mol. The first-order valence-electron chi connectivity index (χ1n) is 5.67. The predicted molar refractivity (Wildman–Crippen MR) is 67.5 cm³/mol. The molecule has 1 aromatic carbocycles. The lowest BCUT2D eigenvalue weighted by atomic mass is 10.1. The molecule has 1 aromatic rings. The number of phenols is 1. The molecule has 0 radical (unpaired) electrons. The van der Waals surface area contributed by atoms with Crippen LogP contribution in [-0.4, -0.2) is 17.1 Å². The molecular formula is C12H15ClN2O2. The van der Waals surface area contributed by atoms with Gasteiger partial charge in [0.1, 0.15) is 5.75 Å². The molecule has 0 spiro atoms. The summed E-state index contributed by atoms with van der Waals surface area (Å²) in [5, 5.41) is 13.3. The molecule has 0 bridgehead atoms. The number of amides is 1. The lowest BCUT2D eigenvalue weighted by Crippen LogP contribution is -2.16. The number of hydrogen-bond acceptors (Lipinski definition) is 3. The molecule has 1 amide bonds. The van der Waals surface area contributed by atoms with E-state index in [1.165, 1.54) is 25.0 Å². The minimum atomic E-state index is -0.684. The number of primary amides is 1. The molecule has 17 heavy (non-hydrogen) atoms. The molecule has 1 aliphatic carbocycles. The van der Waals surface area contributed by atoms with E-state index in [0.29, 0.717) is 16.8 Å². The Kier molecular flexibility index (Phi) is 3.43. The smallest absolute Gasteiger partial charge is 0.252 e. The van der Waals surface area contributed by atoms with E-state index < -0.39 is 5.91 Å². The van der Waals surface area contributed by atoms with Gasteiger partial charge in [0, 0.05) is 12.1 Å². The highest BCUT2D eigenvalue weighted by atomic mass is 35.5. The number of aromatic hydroxyl groups is 1. The molecule has 0 aliphatic heterocycles. The molecule has 0 heterocycles. The molecule has 0 unspecified atom stereocenters. The summed E-state index contributed by atoms with van der Waals surface area (Å²) in [7, 11) is 0. The second-order valence-electron chi connectivity index (χ2n) is 4.34. The maximum Gasteiger partial charge on any atom is 0.252 e. The predicted octanol–water partition coefficient (Wildman–Crippen LogP) is 2.50. The van der Waals surface area contributed by atoms with Crippen molar-refractivity contribution >= 4 is 23.2 Å². The molecule has 1 aliphatic rings. The molecule has 4 N–H and O–H groups in total. The van der Waals surface area contributed by atoms with E-state index in [4.69, 9.17) is 17.3 Å². The van der Waals surface area contributed by atoms with Gasteiger partial charge in [-0.15, -0.1) is 0 Å². The Bertz CT molecular complexity index is 442. The van der Waals surface area contributed by atoms with Gasteiger partial charge in [0.25, 0.3) is 5.91 Å². The number of benzene rings is 1. The van der Waals surface area contributed by atoms with Crippen LogP contribution in [0.3, 0.4) is 0 Å². The zero-order valence-electron chi connectivity index (χ0n) is 9.37. The van der Waals surface area contributed by atoms with Crippen molar-refractivity contribution in [2.45, 2.75) is 31.7 Å². The Morgan fingerprint density at radius 3 is 2.65 bits per heavy atom. The van der Waals surface area contributed by atoms with Crippen molar-refractivity contribution < 1.29 is 9.90 Å². The molecule has 2 rings (SSSR count). The fraction of sp³-hybridized carbons (Fsp3) is 0.417. The van der Waals surface area contributed by atoms with Crippen LogP contribution < -0.4 is 11.1 Å². The van der Waals surface area contributed by atoms with Crippen molar-refractivity contribution in [1.29, 1.82) is 0 Å².